The van der Waals surface area contributed by atoms with Gasteiger partial charge in [-0.1, -0.05) is 23.9 Å². The van der Waals surface area contributed by atoms with E-state index in [0.29, 0.717) is 0 Å². The van der Waals surface area contributed by atoms with Crippen LogP contribution in [0.5, 0.6) is 11.5 Å². The standard InChI is InChI=1S/C53H29N7O10S/c1-4-69-34-20-31-43-42-30(19-35(70-5-2)45(43)53(68)60(49(31)64)27-14-15-33-37(18-27)71-36-9-7-6-8-32(36)56-33)48(63)59(52(67)44(34)42)26-12-10-25(11-13-26)58-47(62)29-17-23(21-54)38-40-28(46(61)57(3)50(38)65)16-24(22-55)39(41(29)40)51(58)66/h6-20,56H,4-5H2,1-3H3. The molecule has 7 aromatic rings. The van der Waals surface area contributed by atoms with Crippen molar-refractivity contribution in [3.63, 3.8) is 0 Å². The Hall–Kier alpha value is -9.65. The molecule has 12 rings (SSSR count). The number of rotatable bonds is 7. The normalized spacial score (nSPS) is 15.2. The first kappa shape index (κ1) is 42.7. The first-order chi connectivity index (χ1) is 34.3. The Bertz CT molecular complexity index is 3930. The summed E-state index contributed by atoms with van der Waals surface area (Å²) >= 11 is 1.48. The van der Waals surface area contributed by atoms with Gasteiger partial charge in [-0.05, 0) is 92.7 Å². The number of nitrogens with zero attached hydrogens (tertiary/aromatic N) is 6. The zero-order chi connectivity index (χ0) is 49.5. The highest BCUT2D eigenvalue weighted by atomic mass is 32.2. The number of hydrogen-bond acceptors (Lipinski definition) is 14. The summed E-state index contributed by atoms with van der Waals surface area (Å²) < 4.78 is 12.1. The number of carbonyl (C=O) groups is 8. The maximum Gasteiger partial charge on any atom is 0.269 e. The van der Waals surface area contributed by atoms with Crippen LogP contribution in [0.1, 0.15) is 108 Å². The molecule has 0 atom stereocenters. The summed E-state index contributed by atoms with van der Waals surface area (Å²) in [7, 11) is 1.22. The zero-order valence-electron chi connectivity index (χ0n) is 37.2. The highest BCUT2D eigenvalue weighted by Gasteiger charge is 2.46. The summed E-state index contributed by atoms with van der Waals surface area (Å²) in [6.07, 6.45) is 0. The van der Waals surface area contributed by atoms with Crippen LogP contribution in [-0.2, 0) is 0 Å². The summed E-state index contributed by atoms with van der Waals surface area (Å²) in [6.45, 7) is 3.49. The molecule has 7 aromatic carbocycles. The second-order valence-electron chi connectivity index (χ2n) is 16.8. The van der Waals surface area contributed by atoms with Gasteiger partial charge in [-0.15, -0.1) is 0 Å². The van der Waals surface area contributed by atoms with Crippen LogP contribution in [0.25, 0.3) is 21.5 Å². The predicted molar refractivity (Wildman–Crippen MR) is 256 cm³/mol. The monoisotopic (exact) mass is 955 g/mol. The molecule has 0 aromatic heterocycles. The zero-order valence-corrected chi connectivity index (χ0v) is 38.1. The molecule has 0 fully saturated rings. The molecule has 17 nitrogen and oxygen atoms in total. The number of para-hydroxylation sites is 1. The fraction of sp³-hybridized carbons (Fsp3) is 0.0943. The van der Waals surface area contributed by atoms with Gasteiger partial charge in [0.05, 0.1) is 97.3 Å². The third kappa shape index (κ3) is 5.67. The van der Waals surface area contributed by atoms with E-state index in [1.54, 1.807) is 32.0 Å². The summed E-state index contributed by atoms with van der Waals surface area (Å²) in [5, 5.41) is 23.7. The lowest BCUT2D eigenvalue weighted by Gasteiger charge is -2.34. The molecule has 5 aliphatic heterocycles. The molecule has 0 bridgehead atoms. The maximum atomic E-state index is 14.9. The second kappa shape index (κ2) is 15.2. The number of anilines is 5. The van der Waals surface area contributed by atoms with E-state index in [2.05, 4.69) is 5.32 Å². The molecule has 342 valence electrons. The van der Waals surface area contributed by atoms with Crippen LogP contribution in [0.4, 0.5) is 28.4 Å². The van der Waals surface area contributed by atoms with Gasteiger partial charge in [-0.3, -0.25) is 43.3 Å². The van der Waals surface area contributed by atoms with Crippen molar-refractivity contribution in [2.24, 2.45) is 0 Å². The van der Waals surface area contributed by atoms with Crippen molar-refractivity contribution >= 4 is 109 Å². The quantitative estimate of drug-likeness (QED) is 0.148. The average molecular weight is 956 g/mol. The van der Waals surface area contributed by atoms with Gasteiger partial charge in [0.25, 0.3) is 47.3 Å². The number of benzene rings is 7. The number of amides is 8. The fourth-order valence-corrected chi connectivity index (χ4v) is 11.1. The molecule has 71 heavy (non-hydrogen) atoms. The van der Waals surface area contributed by atoms with Crippen LogP contribution in [0.2, 0.25) is 0 Å². The van der Waals surface area contributed by atoms with E-state index < -0.39 is 47.3 Å². The molecule has 5 heterocycles. The second-order valence-corrected chi connectivity index (χ2v) is 17.9. The number of imide groups is 4. The lowest BCUT2D eigenvalue weighted by molar-refractivity contribution is 0.0647. The smallest absolute Gasteiger partial charge is 0.269 e. The Morgan fingerprint density at radius 1 is 0.479 bits per heavy atom. The van der Waals surface area contributed by atoms with Crippen molar-refractivity contribution in [1.29, 1.82) is 10.5 Å². The molecule has 0 saturated heterocycles. The van der Waals surface area contributed by atoms with Crippen LogP contribution in [0.15, 0.2) is 101 Å². The summed E-state index contributed by atoms with van der Waals surface area (Å²) in [4.78, 5) is 120. The lowest BCUT2D eigenvalue weighted by atomic mass is 9.81. The highest BCUT2D eigenvalue weighted by molar-refractivity contribution is 7.99. The van der Waals surface area contributed by atoms with Gasteiger partial charge in [0, 0.05) is 38.4 Å². The fourth-order valence-electron chi connectivity index (χ4n) is 10.1. The van der Waals surface area contributed by atoms with Gasteiger partial charge in [0.2, 0.25) is 0 Å². The molecule has 0 saturated carbocycles. The van der Waals surface area contributed by atoms with E-state index in [0.717, 1.165) is 52.9 Å². The molecule has 0 spiro atoms. The van der Waals surface area contributed by atoms with Gasteiger partial charge in [0.1, 0.15) is 23.6 Å². The first-order valence-electron chi connectivity index (χ1n) is 22.0. The minimum atomic E-state index is -0.965. The number of fused-ring (bicyclic) bond motifs is 2. The van der Waals surface area contributed by atoms with Gasteiger partial charge in [0.15, 0.2) is 0 Å². The molecule has 0 radical (unpaired) electrons. The van der Waals surface area contributed by atoms with Crippen molar-refractivity contribution in [2.45, 2.75) is 23.6 Å². The molecule has 18 heteroatoms. The van der Waals surface area contributed by atoms with Gasteiger partial charge >= 0.3 is 0 Å². The van der Waals surface area contributed by atoms with Crippen LogP contribution < -0.4 is 29.5 Å². The number of ether oxygens (including phenoxy) is 2. The average Bonchev–Trinajstić information content (AvgIpc) is 3.37. The van der Waals surface area contributed by atoms with E-state index >= 15 is 0 Å². The van der Waals surface area contributed by atoms with E-state index in [-0.39, 0.29) is 119 Å². The van der Waals surface area contributed by atoms with Crippen LogP contribution in [0, 0.1) is 22.7 Å². The number of nitrogens with one attached hydrogen (secondary N) is 1. The van der Waals surface area contributed by atoms with E-state index in [9.17, 15) is 48.9 Å². The number of nitriles is 2. The molecule has 8 amide bonds. The third-order valence-electron chi connectivity index (χ3n) is 13.1. The largest absolute Gasteiger partial charge is 0.493 e. The van der Waals surface area contributed by atoms with Crippen LogP contribution in [-0.4, -0.2) is 72.4 Å². The molecule has 5 aliphatic rings. The molecular weight excluding hydrogens is 927 g/mol. The van der Waals surface area contributed by atoms with Crippen LogP contribution in [0.3, 0.4) is 0 Å². The minimum absolute atomic E-state index is 0.00146. The van der Waals surface area contributed by atoms with Crippen molar-refractivity contribution in [1.82, 2.24) is 4.90 Å². The highest BCUT2D eigenvalue weighted by Crippen LogP contribution is 2.50. The summed E-state index contributed by atoms with van der Waals surface area (Å²) in [5.74, 6) is -6.69. The van der Waals surface area contributed by atoms with E-state index in [1.165, 1.54) is 55.2 Å². The Kier molecular flexibility index (Phi) is 9.12. The van der Waals surface area contributed by atoms with E-state index in [1.807, 2.05) is 36.4 Å². The third-order valence-corrected chi connectivity index (χ3v) is 14.3. The Morgan fingerprint density at radius 2 is 0.901 bits per heavy atom. The Morgan fingerprint density at radius 3 is 1.42 bits per heavy atom. The van der Waals surface area contributed by atoms with Crippen molar-refractivity contribution in [2.75, 3.05) is 40.3 Å². The van der Waals surface area contributed by atoms with Gasteiger partial charge in [-0.2, -0.15) is 10.5 Å². The lowest BCUT2D eigenvalue weighted by Crippen LogP contribution is -2.44. The Labute approximate surface area is 404 Å². The van der Waals surface area contributed by atoms with Crippen molar-refractivity contribution < 1.29 is 47.8 Å². The molecular formula is C53H29N7O10S. The maximum absolute atomic E-state index is 14.9. The SMILES string of the molecule is CCOc1cc2c3c(c(OCC)cc4c3c1C(=O)N(c1ccc(N3C(=O)c5cc(C#N)c6c7c(cc(C#N)c(c57)C3=O)C(=O)N(C)C6=O)cc1)C4=O)C(=O)N(c1ccc3c(c1)Sc1ccccc1N3)C2=O. The minimum Gasteiger partial charge on any atom is -0.493 e. The predicted octanol–water partition coefficient (Wildman–Crippen LogP) is 8.37. The summed E-state index contributed by atoms with van der Waals surface area (Å²) in [6, 6.07) is 27.1. The summed E-state index contributed by atoms with van der Waals surface area (Å²) in [5.41, 5.74) is 0.471. The van der Waals surface area contributed by atoms with Gasteiger partial charge in [-0.25, -0.2) is 14.7 Å². The number of carbonyl (C=O) groups excluding carboxylic acids is 8. The van der Waals surface area contributed by atoms with Crippen molar-refractivity contribution in [3.05, 3.63) is 147 Å². The number of hydrogen-bond donors (Lipinski definition) is 1. The van der Waals surface area contributed by atoms with E-state index in [4.69, 9.17) is 9.47 Å². The molecule has 0 aliphatic carbocycles. The molecule has 1 N–H and O–H groups in total. The van der Waals surface area contributed by atoms with Gasteiger partial charge < -0.3 is 14.8 Å². The Balaban J connectivity index is 0.944. The topological polar surface area (TPSA) is 228 Å². The van der Waals surface area contributed by atoms with Crippen molar-refractivity contribution in [3.8, 4) is 23.6 Å². The first-order valence-corrected chi connectivity index (χ1v) is 22.8. The molecule has 0 unspecified atom stereocenters. The van der Waals surface area contributed by atoms with Crippen LogP contribution >= 0.6 is 11.8 Å².